The fourth-order valence-corrected chi connectivity index (χ4v) is 3.30. The smallest absolute Gasteiger partial charge is 0.263 e. The molecular formula is C19H20N4O3S. The third-order valence-electron chi connectivity index (χ3n) is 3.88. The predicted octanol–water partition coefficient (Wildman–Crippen LogP) is 2.48. The number of ether oxygens (including phenoxy) is 1. The molecule has 0 bridgehead atoms. The monoisotopic (exact) mass is 384 g/mol. The second-order valence-corrected chi connectivity index (χ2v) is 6.86. The maximum atomic E-state index is 12.7. The molecule has 0 aliphatic carbocycles. The van der Waals surface area contributed by atoms with Crippen LogP contribution in [0.25, 0.3) is 11.0 Å². The Kier molecular flexibility index (Phi) is 6.20. The van der Waals surface area contributed by atoms with E-state index in [4.69, 9.17) is 4.74 Å². The van der Waals surface area contributed by atoms with Gasteiger partial charge in [0.25, 0.3) is 5.56 Å². The Labute approximate surface area is 160 Å². The minimum atomic E-state index is -0.188. The van der Waals surface area contributed by atoms with E-state index in [2.05, 4.69) is 15.3 Å². The first-order chi connectivity index (χ1) is 13.1. The van der Waals surface area contributed by atoms with Crippen LogP contribution in [0.4, 0.5) is 5.69 Å². The van der Waals surface area contributed by atoms with Crippen LogP contribution in [0.15, 0.2) is 52.5 Å². The van der Waals surface area contributed by atoms with E-state index >= 15 is 0 Å². The van der Waals surface area contributed by atoms with Gasteiger partial charge >= 0.3 is 0 Å². The average Bonchev–Trinajstić information content (AvgIpc) is 2.68. The van der Waals surface area contributed by atoms with Gasteiger partial charge in [0.1, 0.15) is 0 Å². The number of aryl methyl sites for hydroxylation is 1. The number of carbonyl (C=O) groups excluding carboxylic acids is 1. The van der Waals surface area contributed by atoms with E-state index in [0.29, 0.717) is 29.3 Å². The third kappa shape index (κ3) is 4.72. The van der Waals surface area contributed by atoms with Gasteiger partial charge in [-0.15, -0.1) is 0 Å². The molecule has 2 aromatic heterocycles. The van der Waals surface area contributed by atoms with E-state index in [9.17, 15) is 9.59 Å². The van der Waals surface area contributed by atoms with Crippen LogP contribution in [0, 0.1) is 6.92 Å². The fourth-order valence-electron chi connectivity index (χ4n) is 2.49. The number of thioether (sulfide) groups is 1. The molecule has 0 saturated heterocycles. The van der Waals surface area contributed by atoms with Crippen LogP contribution in [-0.2, 0) is 16.1 Å². The van der Waals surface area contributed by atoms with Crippen molar-refractivity contribution in [3.63, 3.8) is 0 Å². The van der Waals surface area contributed by atoms with Gasteiger partial charge in [-0.25, -0.2) is 9.97 Å². The van der Waals surface area contributed by atoms with Crippen LogP contribution in [0.2, 0.25) is 0 Å². The predicted molar refractivity (Wildman–Crippen MR) is 106 cm³/mol. The second-order valence-electron chi connectivity index (χ2n) is 5.92. The number of rotatable bonds is 7. The summed E-state index contributed by atoms with van der Waals surface area (Å²) in [6, 6.07) is 11.0. The number of anilines is 1. The minimum Gasteiger partial charge on any atom is -0.383 e. The lowest BCUT2D eigenvalue weighted by atomic mass is 10.2. The first-order valence-corrected chi connectivity index (χ1v) is 9.41. The Morgan fingerprint density at radius 1 is 1.26 bits per heavy atom. The zero-order chi connectivity index (χ0) is 19.2. The number of hydrogen-bond donors (Lipinski definition) is 1. The first-order valence-electron chi connectivity index (χ1n) is 8.42. The zero-order valence-electron chi connectivity index (χ0n) is 15.1. The standard InChI is InChI=1S/C19H20N4O3S/c1-13-5-7-14(8-6-13)21-16(24)12-27-19-22-17-15(4-3-9-20-17)18(25)23(19)10-11-26-2/h3-9H,10-12H2,1-2H3,(H,21,24). The Morgan fingerprint density at radius 3 is 2.78 bits per heavy atom. The Balaban J connectivity index is 1.79. The summed E-state index contributed by atoms with van der Waals surface area (Å²) in [7, 11) is 1.57. The molecule has 0 atom stereocenters. The highest BCUT2D eigenvalue weighted by atomic mass is 32.2. The molecule has 7 nitrogen and oxygen atoms in total. The largest absolute Gasteiger partial charge is 0.383 e. The summed E-state index contributed by atoms with van der Waals surface area (Å²) in [4.78, 5) is 33.6. The fraction of sp³-hybridized carbons (Fsp3) is 0.263. The number of methoxy groups -OCH3 is 1. The van der Waals surface area contributed by atoms with Crippen molar-refractivity contribution >= 4 is 34.4 Å². The average molecular weight is 384 g/mol. The van der Waals surface area contributed by atoms with Gasteiger partial charge in [-0.05, 0) is 31.2 Å². The van der Waals surface area contributed by atoms with Crippen LogP contribution in [0.1, 0.15) is 5.56 Å². The van der Waals surface area contributed by atoms with E-state index in [-0.39, 0.29) is 17.2 Å². The van der Waals surface area contributed by atoms with Crippen molar-refractivity contribution < 1.29 is 9.53 Å². The number of carbonyl (C=O) groups is 1. The maximum Gasteiger partial charge on any atom is 0.263 e. The minimum absolute atomic E-state index is 0.131. The molecule has 27 heavy (non-hydrogen) atoms. The van der Waals surface area contributed by atoms with Crippen molar-refractivity contribution in [2.45, 2.75) is 18.6 Å². The van der Waals surface area contributed by atoms with Gasteiger partial charge < -0.3 is 10.1 Å². The Bertz CT molecular complexity index is 1000. The van der Waals surface area contributed by atoms with Gasteiger partial charge in [0, 0.05) is 19.0 Å². The Hall–Kier alpha value is -2.71. The number of fused-ring (bicyclic) bond motifs is 1. The Morgan fingerprint density at radius 2 is 2.04 bits per heavy atom. The van der Waals surface area contributed by atoms with Gasteiger partial charge in [-0.2, -0.15) is 0 Å². The van der Waals surface area contributed by atoms with Crippen LogP contribution >= 0.6 is 11.8 Å². The van der Waals surface area contributed by atoms with Crippen molar-refractivity contribution in [2.75, 3.05) is 24.8 Å². The highest BCUT2D eigenvalue weighted by molar-refractivity contribution is 7.99. The summed E-state index contributed by atoms with van der Waals surface area (Å²) >= 11 is 1.20. The zero-order valence-corrected chi connectivity index (χ0v) is 16.0. The summed E-state index contributed by atoms with van der Waals surface area (Å²) in [5.41, 5.74) is 2.04. The summed E-state index contributed by atoms with van der Waals surface area (Å²) in [6.45, 7) is 2.71. The van der Waals surface area contributed by atoms with Crippen molar-refractivity contribution in [3.8, 4) is 0 Å². The van der Waals surface area contributed by atoms with Crippen LogP contribution < -0.4 is 10.9 Å². The van der Waals surface area contributed by atoms with E-state index in [1.54, 1.807) is 25.4 Å². The van der Waals surface area contributed by atoms with E-state index in [1.165, 1.54) is 16.3 Å². The quantitative estimate of drug-likeness (QED) is 0.497. The van der Waals surface area contributed by atoms with Gasteiger partial charge in [0.05, 0.1) is 24.3 Å². The molecule has 8 heteroatoms. The van der Waals surface area contributed by atoms with Crippen LogP contribution in [0.3, 0.4) is 0 Å². The molecule has 0 fully saturated rings. The lowest BCUT2D eigenvalue weighted by Gasteiger charge is -2.12. The van der Waals surface area contributed by atoms with Crippen LogP contribution in [-0.4, -0.2) is 39.9 Å². The molecule has 0 unspecified atom stereocenters. The molecular weight excluding hydrogens is 364 g/mol. The molecule has 1 N–H and O–H groups in total. The summed E-state index contributed by atoms with van der Waals surface area (Å²) in [5.74, 6) is -0.0384. The summed E-state index contributed by atoms with van der Waals surface area (Å²) in [6.07, 6.45) is 1.59. The molecule has 0 radical (unpaired) electrons. The van der Waals surface area contributed by atoms with Gasteiger partial charge in [0.15, 0.2) is 10.8 Å². The maximum absolute atomic E-state index is 12.7. The van der Waals surface area contributed by atoms with Crippen molar-refractivity contribution in [1.29, 1.82) is 0 Å². The van der Waals surface area contributed by atoms with Crippen molar-refractivity contribution in [2.24, 2.45) is 0 Å². The lowest BCUT2D eigenvalue weighted by molar-refractivity contribution is -0.113. The number of hydrogen-bond acceptors (Lipinski definition) is 6. The summed E-state index contributed by atoms with van der Waals surface area (Å²) < 4.78 is 6.62. The molecule has 0 saturated carbocycles. The molecule has 1 amide bonds. The van der Waals surface area contributed by atoms with E-state index < -0.39 is 0 Å². The SMILES string of the molecule is COCCn1c(SCC(=O)Nc2ccc(C)cc2)nc2ncccc2c1=O. The lowest BCUT2D eigenvalue weighted by Crippen LogP contribution is -2.26. The molecule has 3 aromatic rings. The summed E-state index contributed by atoms with van der Waals surface area (Å²) in [5, 5.41) is 3.73. The molecule has 0 spiro atoms. The molecule has 3 rings (SSSR count). The molecule has 2 heterocycles. The van der Waals surface area contributed by atoms with Gasteiger partial charge in [-0.1, -0.05) is 29.5 Å². The second kappa shape index (κ2) is 8.79. The topological polar surface area (TPSA) is 86.1 Å². The third-order valence-corrected chi connectivity index (χ3v) is 4.86. The number of amides is 1. The number of aromatic nitrogens is 3. The number of pyridine rings is 1. The number of benzene rings is 1. The normalized spacial score (nSPS) is 10.9. The van der Waals surface area contributed by atoms with Crippen LogP contribution in [0.5, 0.6) is 0 Å². The van der Waals surface area contributed by atoms with Gasteiger partial charge in [-0.3, -0.25) is 14.2 Å². The van der Waals surface area contributed by atoms with Crippen molar-refractivity contribution in [1.82, 2.24) is 14.5 Å². The molecule has 0 aliphatic heterocycles. The van der Waals surface area contributed by atoms with E-state index in [1.807, 2.05) is 31.2 Å². The number of nitrogens with zero attached hydrogens (tertiary/aromatic N) is 3. The number of nitrogens with one attached hydrogen (secondary N) is 1. The first kappa shape index (κ1) is 19.1. The van der Waals surface area contributed by atoms with Gasteiger partial charge in [0.2, 0.25) is 5.91 Å². The highest BCUT2D eigenvalue weighted by Crippen LogP contribution is 2.17. The van der Waals surface area contributed by atoms with E-state index in [0.717, 1.165) is 11.3 Å². The van der Waals surface area contributed by atoms with Crippen molar-refractivity contribution in [3.05, 3.63) is 58.5 Å². The molecule has 140 valence electrons. The highest BCUT2D eigenvalue weighted by Gasteiger charge is 2.14. The molecule has 0 aliphatic rings. The molecule has 1 aromatic carbocycles.